The quantitative estimate of drug-likeness (QED) is 0.793. The van der Waals surface area contributed by atoms with Crippen molar-refractivity contribution in [3.05, 3.63) is 39.8 Å². The van der Waals surface area contributed by atoms with Crippen molar-refractivity contribution in [2.75, 3.05) is 0 Å². The minimum Gasteiger partial charge on any atom is -0.326 e. The molecule has 0 radical (unpaired) electrons. The van der Waals surface area contributed by atoms with E-state index >= 15 is 0 Å². The van der Waals surface area contributed by atoms with E-state index in [-0.39, 0.29) is 0 Å². The maximum absolute atomic E-state index is 4.66. The third-order valence-corrected chi connectivity index (χ3v) is 4.34. The molecule has 0 unspecified atom stereocenters. The maximum atomic E-state index is 4.66. The summed E-state index contributed by atoms with van der Waals surface area (Å²) in [6.45, 7) is 8.59. The van der Waals surface area contributed by atoms with Gasteiger partial charge in [0.05, 0.1) is 0 Å². The molecule has 2 aromatic rings. The zero-order valence-corrected chi connectivity index (χ0v) is 13.2. The van der Waals surface area contributed by atoms with Crippen molar-refractivity contribution in [3.8, 4) is 11.3 Å². The molecule has 0 amide bonds. The Bertz CT molecular complexity index is 582. The van der Waals surface area contributed by atoms with Crippen LogP contribution < -0.4 is 0 Å². The lowest BCUT2D eigenvalue weighted by Crippen LogP contribution is -1.92. The van der Waals surface area contributed by atoms with Gasteiger partial charge in [0, 0.05) is 12.6 Å². The lowest BCUT2D eigenvalue weighted by molar-refractivity contribution is 0.840. The first-order chi connectivity index (χ1) is 8.41. The molecule has 18 heavy (non-hydrogen) atoms. The van der Waals surface area contributed by atoms with Crippen molar-refractivity contribution in [2.45, 2.75) is 33.6 Å². The summed E-state index contributed by atoms with van der Waals surface area (Å²) in [6.07, 6.45) is 0. The zero-order valence-electron chi connectivity index (χ0n) is 11.6. The Morgan fingerprint density at radius 1 is 1.22 bits per heavy atom. The van der Waals surface area contributed by atoms with Gasteiger partial charge >= 0.3 is 0 Å². The average molecular weight is 307 g/mol. The van der Waals surface area contributed by atoms with Crippen LogP contribution >= 0.6 is 15.9 Å². The van der Waals surface area contributed by atoms with Crippen molar-refractivity contribution in [1.82, 2.24) is 9.55 Å². The van der Waals surface area contributed by atoms with E-state index in [1.165, 1.54) is 16.7 Å². The second-order valence-corrected chi connectivity index (χ2v) is 5.84. The smallest absolute Gasteiger partial charge is 0.112 e. The van der Waals surface area contributed by atoms with E-state index in [9.17, 15) is 0 Å². The summed E-state index contributed by atoms with van der Waals surface area (Å²) in [6, 6.07) is 6.64. The molecule has 0 atom stereocenters. The molecule has 0 aliphatic heterocycles. The minimum atomic E-state index is 0.535. The molecule has 0 N–H and O–H groups in total. The third-order valence-electron chi connectivity index (χ3n) is 3.43. The van der Waals surface area contributed by atoms with Crippen LogP contribution in [0.15, 0.2) is 22.8 Å². The highest BCUT2D eigenvalue weighted by molar-refractivity contribution is 9.10. The summed E-state index contributed by atoms with van der Waals surface area (Å²) in [5.74, 6) is 1.55. The number of aryl methyl sites for hydroxylation is 2. The number of aromatic nitrogens is 2. The Balaban J connectivity index is 2.62. The molecule has 0 saturated carbocycles. The highest BCUT2D eigenvalue weighted by Crippen LogP contribution is 2.32. The summed E-state index contributed by atoms with van der Waals surface area (Å²) in [4.78, 5) is 4.66. The molecule has 0 bridgehead atoms. The predicted molar refractivity (Wildman–Crippen MR) is 79.9 cm³/mol. The first kappa shape index (κ1) is 13.3. The first-order valence-electron chi connectivity index (χ1n) is 6.21. The van der Waals surface area contributed by atoms with E-state index in [0.29, 0.717) is 5.92 Å². The van der Waals surface area contributed by atoms with Gasteiger partial charge in [0.15, 0.2) is 0 Å². The number of halogens is 1. The summed E-state index contributed by atoms with van der Waals surface area (Å²) in [5.41, 5.74) is 4.87. The molecule has 0 spiro atoms. The van der Waals surface area contributed by atoms with Gasteiger partial charge in [-0.05, 0) is 52.9 Å². The summed E-state index contributed by atoms with van der Waals surface area (Å²) in [5, 5.41) is 0. The number of imidazole rings is 1. The molecule has 0 fully saturated rings. The van der Waals surface area contributed by atoms with Crippen molar-refractivity contribution in [3.63, 3.8) is 0 Å². The average Bonchev–Trinajstić information content (AvgIpc) is 2.57. The molecule has 0 saturated heterocycles. The number of hydrogen-bond acceptors (Lipinski definition) is 1. The van der Waals surface area contributed by atoms with E-state index in [0.717, 1.165) is 16.1 Å². The monoisotopic (exact) mass is 306 g/mol. The van der Waals surface area contributed by atoms with Gasteiger partial charge in [0.2, 0.25) is 0 Å². The molecular formula is C15H19BrN2. The maximum Gasteiger partial charge on any atom is 0.112 e. The van der Waals surface area contributed by atoms with Crippen molar-refractivity contribution in [1.29, 1.82) is 0 Å². The molecule has 1 heterocycles. The number of hydrogen-bond donors (Lipinski definition) is 0. The largest absolute Gasteiger partial charge is 0.326 e. The Labute approximate surface area is 117 Å². The lowest BCUT2D eigenvalue weighted by atomic mass is 9.96. The summed E-state index contributed by atoms with van der Waals surface area (Å²) in [7, 11) is 2.03. The number of nitrogens with zero attached hydrogens (tertiary/aromatic N) is 2. The van der Waals surface area contributed by atoms with Gasteiger partial charge in [-0.1, -0.05) is 26.0 Å². The van der Waals surface area contributed by atoms with Crippen LogP contribution in [0, 0.1) is 13.8 Å². The van der Waals surface area contributed by atoms with Crippen LogP contribution in [0.3, 0.4) is 0 Å². The van der Waals surface area contributed by atoms with Gasteiger partial charge in [0.1, 0.15) is 16.1 Å². The standard InChI is InChI=1S/C15H19BrN2/c1-9(2)12-7-6-10(3)13(8-12)14-15(16)18(5)11(4)17-14/h6-9H,1-5H3. The van der Waals surface area contributed by atoms with Crippen LogP contribution in [0.5, 0.6) is 0 Å². The van der Waals surface area contributed by atoms with Crippen LogP contribution in [0.4, 0.5) is 0 Å². The Morgan fingerprint density at radius 3 is 2.39 bits per heavy atom. The summed E-state index contributed by atoms with van der Waals surface area (Å²) < 4.78 is 3.11. The summed E-state index contributed by atoms with van der Waals surface area (Å²) >= 11 is 3.63. The van der Waals surface area contributed by atoms with Gasteiger partial charge in [-0.25, -0.2) is 4.98 Å². The zero-order chi connectivity index (χ0) is 13.4. The topological polar surface area (TPSA) is 17.8 Å². The van der Waals surface area contributed by atoms with Gasteiger partial charge < -0.3 is 4.57 Å². The van der Waals surface area contributed by atoms with Crippen molar-refractivity contribution < 1.29 is 0 Å². The number of benzene rings is 1. The molecule has 1 aromatic carbocycles. The molecule has 0 aliphatic carbocycles. The van der Waals surface area contributed by atoms with Crippen molar-refractivity contribution >= 4 is 15.9 Å². The van der Waals surface area contributed by atoms with E-state index in [2.05, 4.69) is 64.5 Å². The molecule has 96 valence electrons. The normalized spacial score (nSPS) is 11.3. The van der Waals surface area contributed by atoms with Gasteiger partial charge in [0.25, 0.3) is 0 Å². The first-order valence-corrected chi connectivity index (χ1v) is 7.01. The van der Waals surface area contributed by atoms with Crippen LogP contribution in [0.2, 0.25) is 0 Å². The second-order valence-electron chi connectivity index (χ2n) is 5.09. The van der Waals surface area contributed by atoms with Gasteiger partial charge in [-0.15, -0.1) is 0 Å². The molecule has 0 aliphatic rings. The molecule has 1 aromatic heterocycles. The van der Waals surface area contributed by atoms with E-state index in [1.54, 1.807) is 0 Å². The Morgan fingerprint density at radius 2 is 1.89 bits per heavy atom. The predicted octanol–water partition coefficient (Wildman–Crippen LogP) is 4.59. The molecule has 2 rings (SSSR count). The Hall–Kier alpha value is -1.09. The lowest BCUT2D eigenvalue weighted by Gasteiger charge is -2.10. The fourth-order valence-corrected chi connectivity index (χ4v) is 2.57. The highest BCUT2D eigenvalue weighted by Gasteiger charge is 2.14. The molecule has 3 heteroatoms. The molecule has 2 nitrogen and oxygen atoms in total. The Kier molecular flexibility index (Phi) is 3.62. The fourth-order valence-electron chi connectivity index (χ4n) is 2.01. The van der Waals surface area contributed by atoms with Crippen LogP contribution in [-0.2, 0) is 7.05 Å². The van der Waals surface area contributed by atoms with E-state index in [4.69, 9.17) is 0 Å². The van der Waals surface area contributed by atoms with E-state index in [1.807, 2.05) is 14.0 Å². The van der Waals surface area contributed by atoms with Crippen LogP contribution in [0.25, 0.3) is 11.3 Å². The van der Waals surface area contributed by atoms with Gasteiger partial charge in [-0.2, -0.15) is 0 Å². The SMILES string of the molecule is Cc1ccc(C(C)C)cc1-c1nc(C)n(C)c1Br. The van der Waals surface area contributed by atoms with Crippen LogP contribution in [0.1, 0.15) is 36.7 Å². The molecular weight excluding hydrogens is 288 g/mol. The fraction of sp³-hybridized carbons (Fsp3) is 0.400. The van der Waals surface area contributed by atoms with Crippen LogP contribution in [-0.4, -0.2) is 9.55 Å². The van der Waals surface area contributed by atoms with Crippen molar-refractivity contribution in [2.24, 2.45) is 7.05 Å². The number of rotatable bonds is 2. The minimum absolute atomic E-state index is 0.535. The van der Waals surface area contributed by atoms with E-state index < -0.39 is 0 Å². The third kappa shape index (κ3) is 2.24. The van der Waals surface area contributed by atoms with Gasteiger partial charge in [-0.3, -0.25) is 0 Å². The highest BCUT2D eigenvalue weighted by atomic mass is 79.9. The second kappa shape index (κ2) is 4.88.